The van der Waals surface area contributed by atoms with Crippen molar-refractivity contribution in [3.05, 3.63) is 46.3 Å². The minimum atomic E-state index is 0.218. The minimum Gasteiger partial charge on any atom is -0.324 e. The number of hydrogen-bond donors (Lipinski definition) is 0. The van der Waals surface area contributed by atoms with Gasteiger partial charge in [-0.05, 0) is 35.6 Å². The van der Waals surface area contributed by atoms with Crippen LogP contribution in [0.5, 0.6) is 0 Å². The van der Waals surface area contributed by atoms with Gasteiger partial charge in [-0.2, -0.15) is 4.98 Å². The molecule has 1 atom stereocenters. The summed E-state index contributed by atoms with van der Waals surface area (Å²) in [6, 6.07) is 8.32. The molecule has 1 aromatic carbocycles. The van der Waals surface area contributed by atoms with Crippen molar-refractivity contribution in [2.45, 2.75) is 13.3 Å². The van der Waals surface area contributed by atoms with Gasteiger partial charge in [0.05, 0.1) is 6.20 Å². The molecule has 2 aromatic rings. The molecule has 3 nitrogen and oxygen atoms in total. The number of nitrogens with zero attached hydrogens (tertiary/aromatic N) is 3. The summed E-state index contributed by atoms with van der Waals surface area (Å²) in [4.78, 5) is 10.3. The second-order valence-corrected chi connectivity index (χ2v) is 5.60. The van der Waals surface area contributed by atoms with E-state index in [-0.39, 0.29) is 5.28 Å². The molecule has 0 saturated carbocycles. The first-order chi connectivity index (χ1) is 9.15. The van der Waals surface area contributed by atoms with E-state index in [1.807, 2.05) is 6.07 Å². The Bertz CT molecular complexity index is 615. The van der Waals surface area contributed by atoms with Gasteiger partial charge in [-0.1, -0.05) is 36.7 Å². The Hall–Kier alpha value is -1.32. The van der Waals surface area contributed by atoms with E-state index in [1.165, 1.54) is 5.56 Å². The molecule has 98 valence electrons. The zero-order valence-electron chi connectivity index (χ0n) is 10.5. The molecule has 0 saturated heterocycles. The predicted octanol–water partition coefficient (Wildman–Crippen LogP) is 4.11. The average Bonchev–Trinajstić information content (AvgIpc) is 2.40. The van der Waals surface area contributed by atoms with Crippen LogP contribution in [0.2, 0.25) is 10.3 Å². The smallest absolute Gasteiger partial charge is 0.224 e. The van der Waals surface area contributed by atoms with E-state index in [2.05, 4.69) is 40.0 Å². The highest BCUT2D eigenvalue weighted by Crippen LogP contribution is 2.37. The Morgan fingerprint density at radius 1 is 1.26 bits per heavy atom. The summed E-state index contributed by atoms with van der Waals surface area (Å²) in [5, 5.41) is 0.739. The van der Waals surface area contributed by atoms with Gasteiger partial charge < -0.3 is 4.90 Å². The van der Waals surface area contributed by atoms with Crippen LogP contribution < -0.4 is 4.90 Å². The summed E-state index contributed by atoms with van der Waals surface area (Å²) in [5.41, 5.74) is 2.46. The molecule has 0 spiro atoms. The molecule has 0 N–H and O–H groups in total. The average molecular weight is 294 g/mol. The third-order valence-corrected chi connectivity index (χ3v) is 3.75. The topological polar surface area (TPSA) is 29.0 Å². The first kappa shape index (κ1) is 12.7. The lowest BCUT2D eigenvalue weighted by Crippen LogP contribution is -2.31. The van der Waals surface area contributed by atoms with E-state index in [0.29, 0.717) is 16.8 Å². The summed E-state index contributed by atoms with van der Waals surface area (Å²) >= 11 is 12.1. The van der Waals surface area contributed by atoms with E-state index < -0.39 is 0 Å². The summed E-state index contributed by atoms with van der Waals surface area (Å²) in [6.07, 6.45) is 2.62. The van der Waals surface area contributed by atoms with Gasteiger partial charge in [0.2, 0.25) is 5.28 Å². The third-order valence-electron chi connectivity index (χ3n) is 3.30. The largest absolute Gasteiger partial charge is 0.324 e. The molecule has 1 aromatic heterocycles. The molecule has 0 bridgehead atoms. The third kappa shape index (κ3) is 2.40. The first-order valence-corrected chi connectivity index (χ1v) is 6.94. The van der Waals surface area contributed by atoms with E-state index in [4.69, 9.17) is 23.2 Å². The van der Waals surface area contributed by atoms with Crippen molar-refractivity contribution in [2.75, 3.05) is 11.4 Å². The fourth-order valence-electron chi connectivity index (χ4n) is 2.52. The summed E-state index contributed by atoms with van der Waals surface area (Å²) < 4.78 is 0. The SMILES string of the molecule is CC1Cc2ccccc2N(c2nc(Cl)ncc2Cl)C1. The number of hydrogen-bond acceptors (Lipinski definition) is 3. The maximum absolute atomic E-state index is 6.22. The van der Waals surface area contributed by atoms with Crippen LogP contribution in [0.3, 0.4) is 0 Å². The first-order valence-electron chi connectivity index (χ1n) is 6.18. The normalized spacial score (nSPS) is 18.3. The van der Waals surface area contributed by atoms with Crippen molar-refractivity contribution in [1.82, 2.24) is 9.97 Å². The Morgan fingerprint density at radius 2 is 2.05 bits per heavy atom. The monoisotopic (exact) mass is 293 g/mol. The quantitative estimate of drug-likeness (QED) is 0.741. The Kier molecular flexibility index (Phi) is 3.33. The highest BCUT2D eigenvalue weighted by atomic mass is 35.5. The second-order valence-electron chi connectivity index (χ2n) is 4.86. The lowest BCUT2D eigenvalue weighted by atomic mass is 9.94. The fraction of sp³-hybridized carbons (Fsp3) is 0.286. The van der Waals surface area contributed by atoms with Crippen LogP contribution in [0.25, 0.3) is 0 Å². The van der Waals surface area contributed by atoms with Crippen LogP contribution in [0, 0.1) is 5.92 Å². The summed E-state index contributed by atoms with van der Waals surface area (Å²) in [7, 11) is 0. The Balaban J connectivity index is 2.12. The maximum Gasteiger partial charge on any atom is 0.224 e. The molecular weight excluding hydrogens is 281 g/mol. The summed E-state index contributed by atoms with van der Waals surface area (Å²) in [6.45, 7) is 3.10. The van der Waals surface area contributed by atoms with Gasteiger partial charge in [-0.15, -0.1) is 0 Å². The van der Waals surface area contributed by atoms with Crippen LogP contribution in [0.1, 0.15) is 12.5 Å². The van der Waals surface area contributed by atoms with Gasteiger partial charge in [0.1, 0.15) is 5.02 Å². The lowest BCUT2D eigenvalue weighted by molar-refractivity contribution is 0.560. The number of anilines is 2. The van der Waals surface area contributed by atoms with Crippen LogP contribution in [0.15, 0.2) is 30.5 Å². The minimum absolute atomic E-state index is 0.218. The molecule has 0 amide bonds. The molecule has 0 radical (unpaired) electrons. The van der Waals surface area contributed by atoms with Gasteiger partial charge in [0.25, 0.3) is 0 Å². The van der Waals surface area contributed by atoms with E-state index >= 15 is 0 Å². The van der Waals surface area contributed by atoms with Crippen molar-refractivity contribution in [2.24, 2.45) is 5.92 Å². The number of halogens is 2. The maximum atomic E-state index is 6.22. The van der Waals surface area contributed by atoms with E-state index in [0.717, 1.165) is 18.7 Å². The lowest BCUT2D eigenvalue weighted by Gasteiger charge is -2.34. The molecule has 1 aliphatic heterocycles. The number of aromatic nitrogens is 2. The molecule has 5 heteroatoms. The van der Waals surface area contributed by atoms with Gasteiger partial charge in [-0.3, -0.25) is 0 Å². The van der Waals surface area contributed by atoms with Crippen molar-refractivity contribution in [3.8, 4) is 0 Å². The molecule has 1 aliphatic rings. The van der Waals surface area contributed by atoms with Gasteiger partial charge >= 0.3 is 0 Å². The van der Waals surface area contributed by atoms with Crippen LogP contribution >= 0.6 is 23.2 Å². The van der Waals surface area contributed by atoms with E-state index in [1.54, 1.807) is 6.20 Å². The van der Waals surface area contributed by atoms with Gasteiger partial charge in [0.15, 0.2) is 5.82 Å². The second kappa shape index (κ2) is 4.99. The standard InChI is InChI=1S/C14H13Cl2N3/c1-9-6-10-4-2-3-5-12(10)19(8-9)13-11(15)7-17-14(16)18-13/h2-5,7,9H,6,8H2,1H3. The zero-order chi connectivity index (χ0) is 13.4. The number of fused-ring (bicyclic) bond motifs is 1. The van der Waals surface area contributed by atoms with Gasteiger partial charge in [0, 0.05) is 12.2 Å². The number of para-hydroxylation sites is 1. The van der Waals surface area contributed by atoms with Crippen LogP contribution in [-0.2, 0) is 6.42 Å². The van der Waals surface area contributed by atoms with Crippen molar-refractivity contribution in [1.29, 1.82) is 0 Å². The van der Waals surface area contributed by atoms with Crippen molar-refractivity contribution in [3.63, 3.8) is 0 Å². The fourth-order valence-corrected chi connectivity index (χ4v) is 2.85. The summed E-state index contributed by atoms with van der Waals surface area (Å²) in [5.74, 6) is 1.22. The predicted molar refractivity (Wildman–Crippen MR) is 78.4 cm³/mol. The molecule has 3 rings (SSSR count). The van der Waals surface area contributed by atoms with Crippen LogP contribution in [-0.4, -0.2) is 16.5 Å². The van der Waals surface area contributed by atoms with Crippen LogP contribution in [0.4, 0.5) is 11.5 Å². The molecule has 2 heterocycles. The molecule has 0 fully saturated rings. The molecular formula is C14H13Cl2N3. The number of rotatable bonds is 1. The zero-order valence-corrected chi connectivity index (χ0v) is 12.0. The van der Waals surface area contributed by atoms with Crippen molar-refractivity contribution >= 4 is 34.7 Å². The Morgan fingerprint density at radius 3 is 2.89 bits per heavy atom. The highest BCUT2D eigenvalue weighted by Gasteiger charge is 2.25. The highest BCUT2D eigenvalue weighted by molar-refractivity contribution is 6.33. The van der Waals surface area contributed by atoms with E-state index in [9.17, 15) is 0 Å². The number of benzene rings is 1. The Labute approximate surface area is 122 Å². The molecule has 0 aliphatic carbocycles. The molecule has 19 heavy (non-hydrogen) atoms. The van der Waals surface area contributed by atoms with Gasteiger partial charge in [-0.25, -0.2) is 4.98 Å². The van der Waals surface area contributed by atoms with Crippen molar-refractivity contribution < 1.29 is 0 Å². The molecule has 1 unspecified atom stereocenters.